The van der Waals surface area contributed by atoms with E-state index in [4.69, 9.17) is 10.5 Å². The highest BCUT2D eigenvalue weighted by Gasteiger charge is 2.07. The Morgan fingerprint density at radius 3 is 2.88 bits per heavy atom. The van der Waals surface area contributed by atoms with Gasteiger partial charge in [0.05, 0.1) is 7.11 Å². The van der Waals surface area contributed by atoms with Gasteiger partial charge in [-0.05, 0) is 44.0 Å². The molecule has 0 atom stereocenters. The van der Waals surface area contributed by atoms with Gasteiger partial charge in [-0.3, -0.25) is 0 Å². The number of methoxy groups -OCH3 is 1. The zero-order valence-corrected chi connectivity index (χ0v) is 10.4. The fourth-order valence-electron chi connectivity index (χ4n) is 2.04. The molecule has 1 aromatic carbocycles. The SMILES string of the molecule is COc1cccc2c(C)cc(CCCN)nc12. The number of fused-ring (bicyclic) bond motifs is 1. The molecule has 2 N–H and O–H groups in total. The first-order chi connectivity index (χ1) is 8.26. The molecule has 0 fully saturated rings. The highest BCUT2D eigenvalue weighted by molar-refractivity contribution is 5.87. The topological polar surface area (TPSA) is 48.1 Å². The highest BCUT2D eigenvalue weighted by atomic mass is 16.5. The molecule has 0 saturated heterocycles. The van der Waals surface area contributed by atoms with Gasteiger partial charge in [-0.15, -0.1) is 0 Å². The lowest BCUT2D eigenvalue weighted by Crippen LogP contribution is -2.02. The standard InChI is InChI=1S/C14H18N2O/c1-10-9-11(5-4-8-15)16-14-12(10)6-3-7-13(14)17-2/h3,6-7,9H,4-5,8,15H2,1-2H3. The molecule has 0 aliphatic rings. The summed E-state index contributed by atoms with van der Waals surface area (Å²) in [5, 5.41) is 1.15. The van der Waals surface area contributed by atoms with Crippen molar-refractivity contribution in [1.29, 1.82) is 0 Å². The van der Waals surface area contributed by atoms with E-state index in [0.717, 1.165) is 35.2 Å². The van der Waals surface area contributed by atoms with Gasteiger partial charge in [0.25, 0.3) is 0 Å². The Hall–Kier alpha value is -1.61. The molecular weight excluding hydrogens is 212 g/mol. The molecule has 0 aliphatic carbocycles. The predicted molar refractivity (Wildman–Crippen MR) is 70.4 cm³/mol. The Morgan fingerprint density at radius 2 is 2.18 bits per heavy atom. The van der Waals surface area contributed by atoms with Gasteiger partial charge in [0, 0.05) is 11.1 Å². The molecule has 2 rings (SSSR count). The molecule has 2 aromatic rings. The summed E-state index contributed by atoms with van der Waals surface area (Å²) in [4.78, 5) is 4.66. The van der Waals surface area contributed by atoms with Crippen molar-refractivity contribution in [1.82, 2.24) is 4.98 Å². The molecule has 17 heavy (non-hydrogen) atoms. The number of hydrogen-bond donors (Lipinski definition) is 1. The third-order valence-electron chi connectivity index (χ3n) is 2.92. The second kappa shape index (κ2) is 5.15. The number of pyridine rings is 1. The van der Waals surface area contributed by atoms with Gasteiger partial charge in [0.1, 0.15) is 11.3 Å². The summed E-state index contributed by atoms with van der Waals surface area (Å²) in [7, 11) is 1.68. The molecule has 3 heteroatoms. The number of benzene rings is 1. The second-order valence-electron chi connectivity index (χ2n) is 4.18. The van der Waals surface area contributed by atoms with Crippen LogP contribution in [0.4, 0.5) is 0 Å². The van der Waals surface area contributed by atoms with Crippen molar-refractivity contribution >= 4 is 10.9 Å². The molecule has 1 heterocycles. The van der Waals surface area contributed by atoms with Crippen LogP contribution < -0.4 is 10.5 Å². The zero-order valence-electron chi connectivity index (χ0n) is 10.4. The summed E-state index contributed by atoms with van der Waals surface area (Å²) >= 11 is 0. The number of nitrogens with two attached hydrogens (primary N) is 1. The van der Waals surface area contributed by atoms with Crippen molar-refractivity contribution in [3.8, 4) is 5.75 Å². The van der Waals surface area contributed by atoms with Crippen molar-refractivity contribution in [2.75, 3.05) is 13.7 Å². The molecule has 3 nitrogen and oxygen atoms in total. The van der Waals surface area contributed by atoms with Gasteiger partial charge >= 0.3 is 0 Å². The van der Waals surface area contributed by atoms with Gasteiger partial charge in [0.2, 0.25) is 0 Å². The Labute approximate surface area is 102 Å². The van der Waals surface area contributed by atoms with E-state index in [1.165, 1.54) is 5.56 Å². The maximum atomic E-state index is 5.53. The first-order valence-electron chi connectivity index (χ1n) is 5.89. The smallest absolute Gasteiger partial charge is 0.145 e. The largest absolute Gasteiger partial charge is 0.494 e. The molecule has 0 radical (unpaired) electrons. The maximum absolute atomic E-state index is 5.53. The summed E-state index contributed by atoms with van der Waals surface area (Å²) in [6.07, 6.45) is 1.89. The highest BCUT2D eigenvalue weighted by Crippen LogP contribution is 2.26. The molecule has 90 valence electrons. The minimum Gasteiger partial charge on any atom is -0.494 e. The summed E-state index contributed by atoms with van der Waals surface area (Å²) in [5.74, 6) is 0.834. The molecule has 0 unspecified atom stereocenters. The van der Waals surface area contributed by atoms with Crippen molar-refractivity contribution < 1.29 is 4.74 Å². The van der Waals surface area contributed by atoms with Crippen LogP contribution in [-0.2, 0) is 6.42 Å². The minimum atomic E-state index is 0.699. The van der Waals surface area contributed by atoms with Gasteiger partial charge in [-0.25, -0.2) is 4.98 Å². The third-order valence-corrected chi connectivity index (χ3v) is 2.92. The molecule has 0 aliphatic heterocycles. The fourth-order valence-corrected chi connectivity index (χ4v) is 2.04. The Morgan fingerprint density at radius 1 is 1.35 bits per heavy atom. The van der Waals surface area contributed by atoms with Gasteiger partial charge in [-0.2, -0.15) is 0 Å². The molecule has 0 spiro atoms. The van der Waals surface area contributed by atoms with Gasteiger partial charge in [-0.1, -0.05) is 12.1 Å². The lowest BCUT2D eigenvalue weighted by atomic mass is 10.1. The number of ether oxygens (including phenoxy) is 1. The van der Waals surface area contributed by atoms with Crippen molar-refractivity contribution in [3.63, 3.8) is 0 Å². The van der Waals surface area contributed by atoms with E-state index in [0.29, 0.717) is 6.54 Å². The summed E-state index contributed by atoms with van der Waals surface area (Å²) in [6.45, 7) is 2.81. The van der Waals surface area contributed by atoms with Crippen LogP contribution in [0, 0.1) is 6.92 Å². The van der Waals surface area contributed by atoms with Gasteiger partial charge < -0.3 is 10.5 Å². The first kappa shape index (κ1) is 11.9. The normalized spacial score (nSPS) is 10.8. The predicted octanol–water partition coefficient (Wildman–Crippen LogP) is 2.44. The fraction of sp³-hybridized carbons (Fsp3) is 0.357. The number of nitrogens with zero attached hydrogens (tertiary/aromatic N) is 1. The maximum Gasteiger partial charge on any atom is 0.145 e. The average molecular weight is 230 g/mol. The van der Waals surface area contributed by atoms with E-state index in [9.17, 15) is 0 Å². The van der Waals surface area contributed by atoms with Crippen molar-refractivity contribution in [2.45, 2.75) is 19.8 Å². The van der Waals surface area contributed by atoms with Crippen LogP contribution >= 0.6 is 0 Å². The molecule has 0 saturated carbocycles. The number of aryl methyl sites for hydroxylation is 2. The van der Waals surface area contributed by atoms with E-state index in [2.05, 4.69) is 24.0 Å². The van der Waals surface area contributed by atoms with Crippen LogP contribution in [0.3, 0.4) is 0 Å². The van der Waals surface area contributed by atoms with Crippen LogP contribution in [0.5, 0.6) is 5.75 Å². The summed E-state index contributed by atoms with van der Waals surface area (Å²) in [5.41, 5.74) is 8.80. The van der Waals surface area contributed by atoms with Crippen molar-refractivity contribution in [3.05, 3.63) is 35.5 Å². The van der Waals surface area contributed by atoms with E-state index < -0.39 is 0 Å². The molecule has 1 aromatic heterocycles. The number of aromatic nitrogens is 1. The first-order valence-corrected chi connectivity index (χ1v) is 5.89. The van der Waals surface area contributed by atoms with E-state index in [1.807, 2.05) is 12.1 Å². The molecule has 0 amide bonds. The Balaban J connectivity index is 2.53. The number of hydrogen-bond acceptors (Lipinski definition) is 3. The molecule has 0 bridgehead atoms. The van der Waals surface area contributed by atoms with Crippen LogP contribution in [0.25, 0.3) is 10.9 Å². The van der Waals surface area contributed by atoms with Crippen LogP contribution in [0.2, 0.25) is 0 Å². The lowest BCUT2D eigenvalue weighted by Gasteiger charge is -2.09. The summed E-state index contributed by atoms with van der Waals surface area (Å²) < 4.78 is 5.35. The van der Waals surface area contributed by atoms with Crippen molar-refractivity contribution in [2.24, 2.45) is 5.73 Å². The van der Waals surface area contributed by atoms with Crippen LogP contribution in [-0.4, -0.2) is 18.6 Å². The van der Waals surface area contributed by atoms with Crippen LogP contribution in [0.1, 0.15) is 17.7 Å². The van der Waals surface area contributed by atoms with E-state index >= 15 is 0 Å². The minimum absolute atomic E-state index is 0.699. The molecular formula is C14H18N2O. The lowest BCUT2D eigenvalue weighted by molar-refractivity contribution is 0.419. The average Bonchev–Trinajstić information content (AvgIpc) is 2.35. The quantitative estimate of drug-likeness (QED) is 0.877. The van der Waals surface area contributed by atoms with E-state index in [1.54, 1.807) is 7.11 Å². The Kier molecular flexibility index (Phi) is 3.59. The second-order valence-corrected chi connectivity index (χ2v) is 4.18. The number of rotatable bonds is 4. The monoisotopic (exact) mass is 230 g/mol. The third kappa shape index (κ3) is 2.39. The summed E-state index contributed by atoms with van der Waals surface area (Å²) in [6, 6.07) is 8.15. The number of para-hydroxylation sites is 1. The van der Waals surface area contributed by atoms with Crippen LogP contribution in [0.15, 0.2) is 24.3 Å². The Bertz CT molecular complexity index is 523. The van der Waals surface area contributed by atoms with Gasteiger partial charge in [0.15, 0.2) is 0 Å². The zero-order chi connectivity index (χ0) is 12.3. The van der Waals surface area contributed by atoms with E-state index in [-0.39, 0.29) is 0 Å².